The predicted octanol–water partition coefficient (Wildman–Crippen LogP) is 1.70. The molecule has 1 nitrogen and oxygen atoms in total. The summed E-state index contributed by atoms with van der Waals surface area (Å²) in [5.41, 5.74) is 0. The van der Waals surface area contributed by atoms with E-state index >= 15 is 0 Å². The molecule has 0 rings (SSSR count). The van der Waals surface area contributed by atoms with Crippen LogP contribution in [-0.2, 0) is 24.1 Å². The van der Waals surface area contributed by atoms with Crippen molar-refractivity contribution < 1.29 is 24.1 Å². The molecule has 0 heterocycles. The molecule has 3 heteroatoms. The SMILES string of the molecule is Br.CC(C)C[O][Ti]. The van der Waals surface area contributed by atoms with Gasteiger partial charge in [0.2, 0.25) is 0 Å². The second-order valence-electron chi connectivity index (χ2n) is 1.70. The van der Waals surface area contributed by atoms with Gasteiger partial charge >= 0.3 is 50.5 Å². The van der Waals surface area contributed by atoms with E-state index in [-0.39, 0.29) is 17.0 Å². The summed E-state index contributed by atoms with van der Waals surface area (Å²) in [6.45, 7) is 5.13. The first-order chi connectivity index (χ1) is 2.77. The quantitative estimate of drug-likeness (QED) is 0.619. The van der Waals surface area contributed by atoms with Crippen molar-refractivity contribution in [2.24, 2.45) is 5.92 Å². The number of halogens is 1. The van der Waals surface area contributed by atoms with Crippen LogP contribution in [0.4, 0.5) is 0 Å². The molecule has 0 spiro atoms. The van der Waals surface area contributed by atoms with Crippen molar-refractivity contribution in [2.45, 2.75) is 13.8 Å². The Morgan fingerprint density at radius 2 is 2.00 bits per heavy atom. The Balaban J connectivity index is 0. The van der Waals surface area contributed by atoms with Crippen LogP contribution < -0.4 is 0 Å². The molecule has 0 N–H and O–H groups in total. The normalized spacial score (nSPS) is 8.29. The molecule has 0 unspecified atom stereocenters. The molecule has 0 aromatic heterocycles. The van der Waals surface area contributed by atoms with Crippen molar-refractivity contribution in [3.8, 4) is 0 Å². The summed E-state index contributed by atoms with van der Waals surface area (Å²) in [4.78, 5) is 0. The molecule has 0 aromatic carbocycles. The van der Waals surface area contributed by atoms with E-state index in [4.69, 9.17) is 3.32 Å². The first-order valence-electron chi connectivity index (χ1n) is 2.06. The summed E-state index contributed by atoms with van der Waals surface area (Å²) in [5.74, 6) is 0.676. The molecular formula is C4H10BrOTi. The van der Waals surface area contributed by atoms with Gasteiger partial charge in [-0.3, -0.25) is 0 Å². The predicted molar refractivity (Wildman–Crippen MR) is 31.1 cm³/mol. The Morgan fingerprint density at radius 3 is 2.00 bits per heavy atom. The fourth-order valence-electron chi connectivity index (χ4n) is 0.167. The van der Waals surface area contributed by atoms with Crippen molar-refractivity contribution >= 4 is 17.0 Å². The summed E-state index contributed by atoms with van der Waals surface area (Å²) < 4.78 is 4.80. The third-order valence-corrected chi connectivity index (χ3v) is 0.677. The van der Waals surface area contributed by atoms with E-state index in [1.165, 1.54) is 0 Å². The topological polar surface area (TPSA) is 9.23 Å². The second-order valence-corrected chi connectivity index (χ2v) is 2.16. The van der Waals surface area contributed by atoms with Gasteiger partial charge in [0, 0.05) is 0 Å². The maximum absolute atomic E-state index is 4.80. The minimum atomic E-state index is 0. The first-order valence-corrected chi connectivity index (χ1v) is 2.69. The van der Waals surface area contributed by atoms with Crippen molar-refractivity contribution in [3.05, 3.63) is 0 Å². The first kappa shape index (κ1) is 11.0. The molecule has 0 bridgehead atoms. The molecular weight excluding hydrogens is 192 g/mol. The molecule has 43 valence electrons. The zero-order valence-corrected chi connectivity index (χ0v) is 7.88. The molecule has 0 saturated carbocycles. The van der Waals surface area contributed by atoms with Crippen LogP contribution in [0.25, 0.3) is 0 Å². The van der Waals surface area contributed by atoms with Crippen molar-refractivity contribution in [1.29, 1.82) is 0 Å². The zero-order chi connectivity index (χ0) is 4.99. The molecule has 0 saturated heterocycles. The van der Waals surface area contributed by atoms with E-state index in [9.17, 15) is 0 Å². The van der Waals surface area contributed by atoms with Crippen molar-refractivity contribution in [2.75, 3.05) is 6.61 Å². The third-order valence-electron chi connectivity index (χ3n) is 0.417. The van der Waals surface area contributed by atoms with Crippen molar-refractivity contribution in [1.82, 2.24) is 0 Å². The number of hydrogen-bond donors (Lipinski definition) is 0. The Morgan fingerprint density at radius 1 is 1.57 bits per heavy atom. The van der Waals surface area contributed by atoms with Gasteiger partial charge in [-0.05, 0) is 0 Å². The summed E-state index contributed by atoms with van der Waals surface area (Å²) in [7, 11) is 0. The van der Waals surface area contributed by atoms with Crippen LogP contribution >= 0.6 is 17.0 Å². The van der Waals surface area contributed by atoms with Gasteiger partial charge in [0.1, 0.15) is 0 Å². The van der Waals surface area contributed by atoms with Gasteiger partial charge < -0.3 is 0 Å². The Bertz CT molecular complexity index is 32.9. The van der Waals surface area contributed by atoms with Gasteiger partial charge in [-0.25, -0.2) is 0 Å². The second kappa shape index (κ2) is 7.15. The summed E-state index contributed by atoms with van der Waals surface area (Å²) in [5, 5.41) is 0. The molecule has 0 amide bonds. The Kier molecular flexibility index (Phi) is 11.3. The van der Waals surface area contributed by atoms with Crippen LogP contribution in [0.3, 0.4) is 0 Å². The number of hydrogen-bond acceptors (Lipinski definition) is 1. The summed E-state index contributed by atoms with van der Waals surface area (Å²) >= 11 is 1.72. The van der Waals surface area contributed by atoms with E-state index in [2.05, 4.69) is 13.8 Å². The van der Waals surface area contributed by atoms with Crippen molar-refractivity contribution in [3.63, 3.8) is 0 Å². The Labute approximate surface area is 67.5 Å². The molecule has 0 aliphatic carbocycles. The van der Waals surface area contributed by atoms with Crippen LogP contribution in [0.15, 0.2) is 0 Å². The van der Waals surface area contributed by atoms with Gasteiger partial charge in [0.15, 0.2) is 0 Å². The van der Waals surface area contributed by atoms with Crippen LogP contribution in [0.1, 0.15) is 13.8 Å². The standard InChI is InChI=1S/C4H9O.BrH.Ti/c1-4(2)3-5;;/h4H,3H2,1-2H3;1H;/q-1;;+1. The molecule has 0 aromatic rings. The van der Waals surface area contributed by atoms with Gasteiger partial charge in [0.05, 0.1) is 0 Å². The van der Waals surface area contributed by atoms with Gasteiger partial charge in [-0.2, -0.15) is 0 Å². The van der Waals surface area contributed by atoms with Gasteiger partial charge in [0.25, 0.3) is 0 Å². The maximum atomic E-state index is 4.80. The zero-order valence-electron chi connectivity index (χ0n) is 4.60. The third kappa shape index (κ3) is 11.0. The molecule has 7 heavy (non-hydrogen) atoms. The van der Waals surface area contributed by atoms with Gasteiger partial charge in [-0.1, -0.05) is 0 Å². The van der Waals surface area contributed by atoms with E-state index in [0.29, 0.717) is 5.92 Å². The van der Waals surface area contributed by atoms with E-state index in [1.54, 1.807) is 20.8 Å². The van der Waals surface area contributed by atoms with Crippen LogP contribution in [-0.4, -0.2) is 6.61 Å². The van der Waals surface area contributed by atoms with E-state index < -0.39 is 0 Å². The minimum absolute atomic E-state index is 0. The summed E-state index contributed by atoms with van der Waals surface area (Å²) in [6, 6.07) is 0. The Hall–Kier alpha value is 1.15. The molecule has 0 aliphatic rings. The van der Waals surface area contributed by atoms with E-state index in [1.807, 2.05) is 0 Å². The average Bonchev–Trinajstić information content (AvgIpc) is 1.35. The molecule has 0 atom stereocenters. The van der Waals surface area contributed by atoms with Gasteiger partial charge in [-0.15, -0.1) is 17.0 Å². The van der Waals surface area contributed by atoms with Crippen LogP contribution in [0, 0.1) is 5.92 Å². The monoisotopic (exact) mass is 201 g/mol. The van der Waals surface area contributed by atoms with Crippen LogP contribution in [0.2, 0.25) is 0 Å². The van der Waals surface area contributed by atoms with E-state index in [0.717, 1.165) is 6.61 Å². The van der Waals surface area contributed by atoms with Crippen LogP contribution in [0.5, 0.6) is 0 Å². The summed E-state index contributed by atoms with van der Waals surface area (Å²) in [6.07, 6.45) is 0. The fraction of sp³-hybridized carbons (Fsp3) is 1.00. The molecule has 0 aliphatic heterocycles. The average molecular weight is 202 g/mol. The fourth-order valence-corrected chi connectivity index (χ4v) is 0.687. The molecule has 0 radical (unpaired) electrons. The molecule has 0 fully saturated rings. The number of rotatable bonds is 2.